The summed E-state index contributed by atoms with van der Waals surface area (Å²) >= 11 is 0. The molecule has 0 spiro atoms. The van der Waals surface area contributed by atoms with Crippen molar-refractivity contribution in [1.82, 2.24) is 0 Å². The maximum absolute atomic E-state index is 2.43. The van der Waals surface area contributed by atoms with E-state index in [9.17, 15) is 0 Å². The van der Waals surface area contributed by atoms with Crippen LogP contribution in [-0.2, 0) is 6.42 Å². The van der Waals surface area contributed by atoms with Crippen LogP contribution in [0.3, 0.4) is 0 Å². The van der Waals surface area contributed by atoms with Crippen molar-refractivity contribution in [2.24, 2.45) is 0 Å². The van der Waals surface area contributed by atoms with Crippen molar-refractivity contribution in [3.8, 4) is 0 Å². The molecule has 114 valence electrons. The molecule has 0 radical (unpaired) electrons. The molecule has 1 atom stereocenters. The molecule has 0 bridgehead atoms. The van der Waals surface area contributed by atoms with Crippen molar-refractivity contribution in [1.29, 1.82) is 0 Å². The first kappa shape index (κ1) is 18.6. The van der Waals surface area contributed by atoms with Gasteiger partial charge in [0.15, 0.2) is 0 Å². The van der Waals surface area contributed by atoms with E-state index < -0.39 is 0 Å². The Morgan fingerprint density at radius 3 is 1.95 bits per heavy atom. The van der Waals surface area contributed by atoms with Gasteiger partial charge in [-0.3, -0.25) is 0 Å². The van der Waals surface area contributed by atoms with Crippen molar-refractivity contribution in [3.05, 3.63) is 35.9 Å². The molecule has 0 saturated heterocycles. The molecule has 0 N–H and O–H groups in total. The Morgan fingerprint density at radius 2 is 1.35 bits per heavy atom. The molecule has 0 aliphatic rings. The van der Waals surface area contributed by atoms with Crippen molar-refractivity contribution >= 4 is 23.8 Å². The lowest BCUT2D eigenvalue weighted by Crippen LogP contribution is -2.02. The van der Waals surface area contributed by atoms with Gasteiger partial charge in [0.1, 0.15) is 0 Å². The zero-order valence-electron chi connectivity index (χ0n) is 13.7. The second-order valence-corrected chi connectivity index (χ2v) is 13.9. The number of benzene rings is 1. The summed E-state index contributed by atoms with van der Waals surface area (Å²) in [6.07, 6.45) is 10.2. The second kappa shape index (κ2) is 11.1. The lowest BCUT2D eigenvalue weighted by molar-refractivity contribution is 1.07. The molecule has 0 nitrogen and oxygen atoms in total. The van der Waals surface area contributed by atoms with Crippen LogP contribution in [0.4, 0.5) is 0 Å². The molecule has 0 aliphatic carbocycles. The van der Waals surface area contributed by atoms with E-state index in [0.717, 1.165) is 0 Å². The third-order valence-electron chi connectivity index (χ3n) is 3.50. The van der Waals surface area contributed by atoms with E-state index in [2.05, 4.69) is 57.0 Å². The molecule has 3 heteroatoms. The molecule has 20 heavy (non-hydrogen) atoms. The van der Waals surface area contributed by atoms with Gasteiger partial charge in [-0.25, -0.2) is 0 Å². The third-order valence-corrected chi connectivity index (χ3v) is 8.84. The van der Waals surface area contributed by atoms with Crippen LogP contribution in [-0.4, -0.2) is 57.5 Å². The Morgan fingerprint density at radius 1 is 0.700 bits per heavy atom. The Hall–Kier alpha value is 0.510. The van der Waals surface area contributed by atoms with Gasteiger partial charge in [-0.2, -0.15) is 0 Å². The molecule has 0 heterocycles. The van der Waals surface area contributed by atoms with Gasteiger partial charge in [0, 0.05) is 0 Å². The molecule has 1 aromatic carbocycles. The Labute approximate surface area is 130 Å². The zero-order chi connectivity index (χ0) is 14.8. The second-order valence-electron chi connectivity index (χ2n) is 6.04. The van der Waals surface area contributed by atoms with E-state index in [1.165, 1.54) is 49.2 Å². The smallest absolute Gasteiger partial charge is 0.0239 e. The van der Waals surface area contributed by atoms with Crippen molar-refractivity contribution in [2.75, 3.05) is 57.5 Å². The summed E-state index contributed by atoms with van der Waals surface area (Å²) in [4.78, 5) is 0. The number of aryl methyl sites for hydroxylation is 1. The van der Waals surface area contributed by atoms with E-state index in [-0.39, 0.29) is 7.92 Å². The average molecular weight is 328 g/mol. The summed E-state index contributed by atoms with van der Waals surface area (Å²) < 4.78 is 0. The fraction of sp³-hybridized carbons (Fsp3) is 0.647. The molecule has 0 aromatic heterocycles. The van der Waals surface area contributed by atoms with Crippen LogP contribution < -0.4 is 0 Å². The average Bonchev–Trinajstić information content (AvgIpc) is 2.42. The van der Waals surface area contributed by atoms with Crippen LogP contribution in [0.2, 0.25) is 0 Å². The quantitative estimate of drug-likeness (QED) is 0.492. The molecule has 0 saturated carbocycles. The molecule has 0 fully saturated rings. The molecule has 1 rings (SSSR count). The first-order chi connectivity index (χ1) is 9.58. The van der Waals surface area contributed by atoms with Crippen LogP contribution >= 0.6 is 23.8 Å². The van der Waals surface area contributed by atoms with Gasteiger partial charge in [-0.1, -0.05) is 30.3 Å². The van der Waals surface area contributed by atoms with Crippen molar-refractivity contribution < 1.29 is 0 Å². The molecule has 1 unspecified atom stereocenters. The Bertz CT molecular complexity index is 335. The summed E-state index contributed by atoms with van der Waals surface area (Å²) in [5.74, 6) is 0. The van der Waals surface area contributed by atoms with E-state index in [0.29, 0.717) is 15.8 Å². The highest BCUT2D eigenvalue weighted by Crippen LogP contribution is 2.41. The van der Waals surface area contributed by atoms with E-state index >= 15 is 0 Å². The van der Waals surface area contributed by atoms with Crippen LogP contribution in [0.15, 0.2) is 30.3 Å². The van der Waals surface area contributed by atoms with Crippen LogP contribution in [0, 0.1) is 0 Å². The zero-order valence-corrected chi connectivity index (χ0v) is 16.4. The van der Waals surface area contributed by atoms with Crippen LogP contribution in [0.5, 0.6) is 0 Å². The summed E-state index contributed by atoms with van der Waals surface area (Å²) in [7, 11) is 0.882. The number of hydrogen-bond acceptors (Lipinski definition) is 0. The van der Waals surface area contributed by atoms with Crippen molar-refractivity contribution in [3.63, 3.8) is 0 Å². The predicted molar refractivity (Wildman–Crippen MR) is 104 cm³/mol. The predicted octanol–water partition coefficient (Wildman–Crippen LogP) is 5.58. The lowest BCUT2D eigenvalue weighted by Gasteiger charge is -2.19. The summed E-state index contributed by atoms with van der Waals surface area (Å²) in [5.41, 5.74) is 1.53. The SMILES string of the molecule is CP(C)CCCP(CCc1ccccc1)CCP(C)C. The van der Waals surface area contributed by atoms with Crippen LogP contribution in [0.25, 0.3) is 0 Å². The Balaban J connectivity index is 2.36. The fourth-order valence-corrected chi connectivity index (χ4v) is 7.84. The molecular weight excluding hydrogens is 297 g/mol. The first-order valence-electron chi connectivity index (χ1n) is 7.63. The molecular formula is C17H31P3. The molecule has 0 amide bonds. The van der Waals surface area contributed by atoms with Gasteiger partial charge < -0.3 is 0 Å². The van der Waals surface area contributed by atoms with Crippen molar-refractivity contribution in [2.45, 2.75) is 12.8 Å². The highest BCUT2D eigenvalue weighted by atomic mass is 31.1. The maximum atomic E-state index is 2.43. The summed E-state index contributed by atoms with van der Waals surface area (Å²) in [5, 5.41) is 0. The van der Waals surface area contributed by atoms with Gasteiger partial charge in [-0.15, -0.1) is 23.8 Å². The largest absolute Gasteiger partial charge is 0.113 e. The van der Waals surface area contributed by atoms with E-state index in [1.807, 2.05) is 0 Å². The minimum Gasteiger partial charge on any atom is -0.113 e. The number of rotatable bonds is 10. The highest BCUT2D eigenvalue weighted by Gasteiger charge is 2.09. The maximum Gasteiger partial charge on any atom is -0.0239 e. The fourth-order valence-electron chi connectivity index (χ4n) is 2.22. The van der Waals surface area contributed by atoms with Gasteiger partial charge in [0.2, 0.25) is 0 Å². The Kier molecular flexibility index (Phi) is 10.3. The van der Waals surface area contributed by atoms with E-state index in [4.69, 9.17) is 0 Å². The molecule has 0 aliphatic heterocycles. The molecule has 1 aromatic rings. The standard InChI is InChI=1S/C17H31P3/c1-18(2)12-8-13-20(16-15-19(3)4)14-11-17-9-6-5-7-10-17/h5-7,9-10H,8,11-16H2,1-4H3. The highest BCUT2D eigenvalue weighted by molar-refractivity contribution is 7.61. The van der Waals surface area contributed by atoms with Gasteiger partial charge >= 0.3 is 0 Å². The minimum absolute atomic E-state index is 0.279. The van der Waals surface area contributed by atoms with Gasteiger partial charge in [0.05, 0.1) is 0 Å². The van der Waals surface area contributed by atoms with E-state index in [1.54, 1.807) is 0 Å². The van der Waals surface area contributed by atoms with Gasteiger partial charge in [0.25, 0.3) is 0 Å². The first-order valence-corrected chi connectivity index (χ1v) is 14.4. The monoisotopic (exact) mass is 328 g/mol. The normalized spacial score (nSPS) is 13.1. The number of hydrogen-bond donors (Lipinski definition) is 0. The summed E-state index contributed by atoms with van der Waals surface area (Å²) in [6, 6.07) is 11.1. The van der Waals surface area contributed by atoms with Gasteiger partial charge in [-0.05, 0) is 75.9 Å². The topological polar surface area (TPSA) is 0 Å². The lowest BCUT2D eigenvalue weighted by atomic mass is 10.2. The third kappa shape index (κ3) is 9.45. The minimum atomic E-state index is 0.279. The summed E-state index contributed by atoms with van der Waals surface area (Å²) in [6.45, 7) is 9.69. The van der Waals surface area contributed by atoms with Crippen LogP contribution in [0.1, 0.15) is 12.0 Å².